The van der Waals surface area contributed by atoms with Crippen molar-refractivity contribution in [2.75, 3.05) is 19.7 Å². The van der Waals surface area contributed by atoms with Gasteiger partial charge in [0.2, 0.25) is 0 Å². The van der Waals surface area contributed by atoms with Crippen molar-refractivity contribution in [1.82, 2.24) is 5.06 Å². The van der Waals surface area contributed by atoms with Crippen molar-refractivity contribution in [1.29, 1.82) is 0 Å². The van der Waals surface area contributed by atoms with Gasteiger partial charge < -0.3 is 5.11 Å². The smallest absolute Gasteiger partial charge is 0.164 e. The fourth-order valence-electron chi connectivity index (χ4n) is 1.69. The fourth-order valence-corrected chi connectivity index (χ4v) is 1.69. The Bertz CT molecular complexity index is 361. The van der Waals surface area contributed by atoms with Crippen LogP contribution in [-0.2, 0) is 4.84 Å². The monoisotopic (exact) mass is 257 g/mol. The van der Waals surface area contributed by atoms with Crippen LogP contribution in [0.3, 0.4) is 0 Å². The molecule has 17 heavy (non-hydrogen) atoms. The highest BCUT2D eigenvalue weighted by molar-refractivity contribution is 5.96. The number of phenolic OH excluding ortho intramolecular Hbond substituents is 1. The Morgan fingerprint density at radius 2 is 2.06 bits per heavy atom. The molecule has 0 aromatic heterocycles. The van der Waals surface area contributed by atoms with Crippen LogP contribution in [0.25, 0.3) is 0 Å². The highest BCUT2D eigenvalue weighted by Gasteiger charge is 2.14. The summed E-state index contributed by atoms with van der Waals surface area (Å²) in [7, 11) is 0. The first-order valence-corrected chi connectivity index (χ1v) is 5.46. The second-order valence-electron chi connectivity index (χ2n) is 3.84. The minimum absolute atomic E-state index is 0. The molecule has 1 aliphatic rings. The molecule has 1 aliphatic heterocycles. The van der Waals surface area contributed by atoms with E-state index in [1.165, 1.54) is 12.1 Å². The molecular formula is C12H16ClNO3. The maximum absolute atomic E-state index is 11.7. The van der Waals surface area contributed by atoms with Crippen molar-refractivity contribution in [2.24, 2.45) is 0 Å². The number of rotatable bonds is 4. The van der Waals surface area contributed by atoms with Crippen molar-refractivity contribution < 1.29 is 14.7 Å². The molecule has 0 radical (unpaired) electrons. The quantitative estimate of drug-likeness (QED) is 0.839. The first-order chi connectivity index (χ1) is 7.75. The van der Waals surface area contributed by atoms with Gasteiger partial charge in [0.15, 0.2) is 5.78 Å². The van der Waals surface area contributed by atoms with Gasteiger partial charge in [0.1, 0.15) is 5.75 Å². The van der Waals surface area contributed by atoms with Gasteiger partial charge >= 0.3 is 0 Å². The molecule has 5 heteroatoms. The van der Waals surface area contributed by atoms with Gasteiger partial charge in [0.05, 0.1) is 6.61 Å². The lowest BCUT2D eigenvalue weighted by atomic mass is 10.1. The summed E-state index contributed by atoms with van der Waals surface area (Å²) in [6, 6.07) is 6.34. The summed E-state index contributed by atoms with van der Waals surface area (Å²) in [5.41, 5.74) is 0.636. The molecule has 4 nitrogen and oxygen atoms in total. The number of Topliss-reactive ketones (excluding diaryl/α,β-unsaturated/α-hetero) is 1. The number of phenols is 1. The number of nitrogens with zero attached hydrogens (tertiary/aromatic N) is 1. The summed E-state index contributed by atoms with van der Waals surface area (Å²) >= 11 is 0. The van der Waals surface area contributed by atoms with E-state index >= 15 is 0 Å². The fraction of sp³-hybridized carbons (Fsp3) is 0.417. The summed E-state index contributed by atoms with van der Waals surface area (Å²) in [5, 5.41) is 10.9. The first-order valence-electron chi connectivity index (χ1n) is 5.46. The van der Waals surface area contributed by atoms with Gasteiger partial charge in [-0.05, 0) is 30.7 Å². The van der Waals surface area contributed by atoms with Gasteiger partial charge in [-0.25, -0.2) is 0 Å². The van der Waals surface area contributed by atoms with Crippen molar-refractivity contribution in [3.8, 4) is 5.75 Å². The standard InChI is InChI=1S/C12H15NO3.ClH/c14-11-4-2-10(3-5-11)12(15)6-8-13-7-1-9-16-13;/h2-5,14H,1,6-9H2;1H. The zero-order valence-corrected chi connectivity index (χ0v) is 10.3. The number of hydrogen-bond acceptors (Lipinski definition) is 4. The van der Waals surface area contributed by atoms with Crippen LogP contribution in [0.2, 0.25) is 0 Å². The lowest BCUT2D eigenvalue weighted by Crippen LogP contribution is -2.21. The van der Waals surface area contributed by atoms with E-state index in [4.69, 9.17) is 9.94 Å². The van der Waals surface area contributed by atoms with Crippen LogP contribution in [0.5, 0.6) is 5.75 Å². The Morgan fingerprint density at radius 3 is 2.65 bits per heavy atom. The van der Waals surface area contributed by atoms with Crippen LogP contribution in [0.1, 0.15) is 23.2 Å². The second kappa shape index (κ2) is 6.59. The normalized spacial score (nSPS) is 15.5. The Hall–Kier alpha value is -1.10. The number of carbonyl (C=O) groups is 1. The molecule has 1 heterocycles. The molecule has 0 unspecified atom stereocenters. The molecule has 1 aromatic rings. The van der Waals surface area contributed by atoms with E-state index in [9.17, 15) is 4.79 Å². The number of hydroxylamine groups is 2. The van der Waals surface area contributed by atoms with Crippen molar-refractivity contribution in [3.63, 3.8) is 0 Å². The first kappa shape index (κ1) is 14.0. The van der Waals surface area contributed by atoms with E-state index < -0.39 is 0 Å². The molecule has 1 aromatic carbocycles. The van der Waals surface area contributed by atoms with Crippen LogP contribution < -0.4 is 0 Å². The zero-order chi connectivity index (χ0) is 11.4. The van der Waals surface area contributed by atoms with Gasteiger partial charge in [-0.3, -0.25) is 9.63 Å². The van der Waals surface area contributed by atoms with E-state index in [1.807, 2.05) is 5.06 Å². The topological polar surface area (TPSA) is 49.8 Å². The Labute approximate surface area is 107 Å². The van der Waals surface area contributed by atoms with Gasteiger partial charge in [-0.2, -0.15) is 5.06 Å². The number of carbonyl (C=O) groups excluding carboxylic acids is 1. The molecule has 0 amide bonds. The van der Waals surface area contributed by atoms with E-state index in [1.54, 1.807) is 12.1 Å². The van der Waals surface area contributed by atoms with Crippen LogP contribution in [0.15, 0.2) is 24.3 Å². The van der Waals surface area contributed by atoms with Crippen LogP contribution in [0, 0.1) is 0 Å². The number of aromatic hydroxyl groups is 1. The molecule has 1 N–H and O–H groups in total. The molecule has 1 fully saturated rings. The maximum Gasteiger partial charge on any atom is 0.164 e. The average Bonchev–Trinajstić information content (AvgIpc) is 2.80. The van der Waals surface area contributed by atoms with Gasteiger partial charge in [-0.1, -0.05) is 0 Å². The van der Waals surface area contributed by atoms with Crippen LogP contribution >= 0.6 is 12.4 Å². The molecule has 0 aliphatic carbocycles. The number of hydrogen-bond donors (Lipinski definition) is 1. The van der Waals surface area contributed by atoms with Gasteiger partial charge in [0, 0.05) is 25.1 Å². The molecule has 94 valence electrons. The molecule has 0 bridgehead atoms. The predicted octanol–water partition coefficient (Wildman–Crippen LogP) is 2.02. The summed E-state index contributed by atoms with van der Waals surface area (Å²) in [4.78, 5) is 17.0. The second-order valence-corrected chi connectivity index (χ2v) is 3.84. The predicted molar refractivity (Wildman–Crippen MR) is 66.4 cm³/mol. The number of halogens is 1. The third kappa shape index (κ3) is 4.00. The molecule has 0 spiro atoms. The lowest BCUT2D eigenvalue weighted by molar-refractivity contribution is -0.108. The highest BCUT2D eigenvalue weighted by atomic mass is 35.5. The van der Waals surface area contributed by atoms with E-state index in [0.29, 0.717) is 18.5 Å². The SMILES string of the molecule is Cl.O=C(CCN1CCCO1)c1ccc(O)cc1. The maximum atomic E-state index is 11.7. The highest BCUT2D eigenvalue weighted by Crippen LogP contribution is 2.12. The van der Waals surface area contributed by atoms with Crippen molar-refractivity contribution in [3.05, 3.63) is 29.8 Å². The third-order valence-electron chi connectivity index (χ3n) is 2.60. The summed E-state index contributed by atoms with van der Waals surface area (Å²) in [6.45, 7) is 2.30. The minimum atomic E-state index is 0. The molecule has 0 atom stereocenters. The summed E-state index contributed by atoms with van der Waals surface area (Å²) in [5.74, 6) is 0.259. The van der Waals surface area contributed by atoms with Crippen molar-refractivity contribution in [2.45, 2.75) is 12.8 Å². The van der Waals surface area contributed by atoms with E-state index in [2.05, 4.69) is 0 Å². The van der Waals surface area contributed by atoms with E-state index in [0.717, 1.165) is 19.6 Å². The van der Waals surface area contributed by atoms with Crippen LogP contribution in [0.4, 0.5) is 0 Å². The number of benzene rings is 1. The zero-order valence-electron chi connectivity index (χ0n) is 9.46. The van der Waals surface area contributed by atoms with Gasteiger partial charge in [0.25, 0.3) is 0 Å². The summed E-state index contributed by atoms with van der Waals surface area (Å²) < 4.78 is 0. The largest absolute Gasteiger partial charge is 0.508 e. The van der Waals surface area contributed by atoms with E-state index in [-0.39, 0.29) is 23.9 Å². The Morgan fingerprint density at radius 1 is 1.35 bits per heavy atom. The molecule has 1 saturated heterocycles. The third-order valence-corrected chi connectivity index (χ3v) is 2.60. The summed E-state index contributed by atoms with van der Waals surface area (Å²) in [6.07, 6.45) is 1.48. The molecule has 2 rings (SSSR count). The number of ketones is 1. The van der Waals surface area contributed by atoms with Gasteiger partial charge in [-0.15, -0.1) is 12.4 Å². The Balaban J connectivity index is 0.00000144. The molecule has 0 saturated carbocycles. The average molecular weight is 258 g/mol. The Kier molecular flexibility index (Phi) is 5.41. The van der Waals surface area contributed by atoms with Crippen LogP contribution in [-0.4, -0.2) is 35.6 Å². The minimum Gasteiger partial charge on any atom is -0.508 e. The molecular weight excluding hydrogens is 242 g/mol. The van der Waals surface area contributed by atoms with Crippen molar-refractivity contribution >= 4 is 18.2 Å². The lowest BCUT2D eigenvalue weighted by Gasteiger charge is -2.12.